The summed E-state index contributed by atoms with van der Waals surface area (Å²) in [7, 11) is 1.58. The normalized spacial score (nSPS) is 15.5. The predicted octanol–water partition coefficient (Wildman–Crippen LogP) is 5.90. The van der Waals surface area contributed by atoms with Gasteiger partial charge in [0.15, 0.2) is 16.7 Å². The molecule has 1 aliphatic rings. The van der Waals surface area contributed by atoms with E-state index in [1.165, 1.54) is 29.5 Å². The fraction of sp³-hybridized carbons (Fsp3) is 0.179. The summed E-state index contributed by atoms with van der Waals surface area (Å²) in [5, 5.41) is 9.74. The minimum Gasteiger partial charge on any atom is -0.493 e. The Morgan fingerprint density at radius 1 is 1.08 bits per heavy atom. The van der Waals surface area contributed by atoms with Crippen LogP contribution in [0.4, 0.5) is 5.69 Å². The molecule has 4 rings (SSSR count). The van der Waals surface area contributed by atoms with E-state index in [1.54, 1.807) is 30.2 Å². The van der Waals surface area contributed by atoms with Crippen molar-refractivity contribution in [1.82, 2.24) is 4.90 Å². The van der Waals surface area contributed by atoms with Gasteiger partial charge < -0.3 is 14.6 Å². The van der Waals surface area contributed by atoms with E-state index in [4.69, 9.17) is 9.47 Å². The molecule has 0 spiro atoms. The molecule has 0 atom stereocenters. The number of methoxy groups -OCH3 is 1. The molecule has 7 nitrogen and oxygen atoms in total. The number of hydrogen-bond acceptors (Lipinski definition) is 6. The van der Waals surface area contributed by atoms with Crippen LogP contribution in [0.5, 0.6) is 11.5 Å². The Kier molecular flexibility index (Phi) is 7.75. The van der Waals surface area contributed by atoms with Gasteiger partial charge in [-0.3, -0.25) is 9.69 Å². The summed E-state index contributed by atoms with van der Waals surface area (Å²) in [6.07, 6.45) is 1.79. The highest BCUT2D eigenvalue weighted by Gasteiger charge is 2.32. The number of ether oxygens (including phenoxy) is 2. The van der Waals surface area contributed by atoms with Crippen LogP contribution in [0, 0.1) is 6.92 Å². The molecule has 1 fully saturated rings. The highest BCUT2D eigenvalue weighted by molar-refractivity contribution is 8.18. The van der Waals surface area contributed by atoms with Gasteiger partial charge in [-0.15, -0.1) is 0 Å². The number of carbonyl (C=O) groups excluding carboxylic acids is 1. The largest absolute Gasteiger partial charge is 0.493 e. The average molecular weight is 503 g/mol. The summed E-state index contributed by atoms with van der Waals surface area (Å²) in [6, 6.07) is 20.0. The Balaban J connectivity index is 1.55. The summed E-state index contributed by atoms with van der Waals surface area (Å²) in [5.41, 5.74) is 3.65. The number of carbonyl (C=O) groups is 2. The lowest BCUT2D eigenvalue weighted by Gasteiger charge is -2.12. The van der Waals surface area contributed by atoms with Crippen molar-refractivity contribution < 1.29 is 24.2 Å². The third-order valence-corrected chi connectivity index (χ3v) is 6.53. The molecule has 0 aromatic heterocycles. The van der Waals surface area contributed by atoms with Gasteiger partial charge in [0.1, 0.15) is 6.61 Å². The van der Waals surface area contributed by atoms with E-state index in [0.29, 0.717) is 40.4 Å². The topological polar surface area (TPSA) is 88.4 Å². The molecule has 0 radical (unpaired) electrons. The first kappa shape index (κ1) is 25.1. The number of carboxylic acid groups (broad SMARTS) is 1. The molecule has 36 heavy (non-hydrogen) atoms. The van der Waals surface area contributed by atoms with Gasteiger partial charge in [0, 0.05) is 6.54 Å². The SMILES string of the molecule is CCN1C(=O)/C(=C\c2ccc(OCc3ccc(C)cc3)c(OC)c2)SC1=Nc1cccc(C(=O)O)c1. The number of aliphatic imine (C=N–C) groups is 1. The summed E-state index contributed by atoms with van der Waals surface area (Å²) >= 11 is 1.25. The first-order valence-corrected chi connectivity index (χ1v) is 12.2. The van der Waals surface area contributed by atoms with Crippen molar-refractivity contribution in [2.24, 2.45) is 4.99 Å². The Bertz CT molecular complexity index is 1350. The van der Waals surface area contributed by atoms with E-state index < -0.39 is 5.97 Å². The van der Waals surface area contributed by atoms with Crippen LogP contribution >= 0.6 is 11.8 Å². The molecule has 1 amide bonds. The lowest BCUT2D eigenvalue weighted by molar-refractivity contribution is -0.122. The second-order valence-corrected chi connectivity index (χ2v) is 9.10. The predicted molar refractivity (Wildman–Crippen MR) is 142 cm³/mol. The van der Waals surface area contributed by atoms with Gasteiger partial charge in [0.25, 0.3) is 5.91 Å². The zero-order valence-corrected chi connectivity index (χ0v) is 21.0. The number of carboxylic acids is 1. The van der Waals surface area contributed by atoms with Gasteiger partial charge in [0.2, 0.25) is 0 Å². The van der Waals surface area contributed by atoms with Crippen LogP contribution in [0.25, 0.3) is 6.08 Å². The molecule has 1 saturated heterocycles. The summed E-state index contributed by atoms with van der Waals surface area (Å²) in [4.78, 5) is 30.9. The first-order valence-electron chi connectivity index (χ1n) is 11.4. The maximum absolute atomic E-state index is 13.0. The van der Waals surface area contributed by atoms with Gasteiger partial charge in [-0.25, -0.2) is 9.79 Å². The molecule has 0 aliphatic carbocycles. The first-order chi connectivity index (χ1) is 17.4. The minimum absolute atomic E-state index is 0.141. The Labute approximate surface area is 214 Å². The lowest BCUT2D eigenvalue weighted by Crippen LogP contribution is -2.28. The van der Waals surface area contributed by atoms with Crippen LogP contribution in [-0.2, 0) is 11.4 Å². The standard InChI is InChI=1S/C28H26N2O5S/c1-4-30-26(31)25(36-28(30)29-22-7-5-6-21(16-22)27(32)33)15-20-12-13-23(24(14-20)34-3)35-17-19-10-8-18(2)9-11-19/h5-16H,4,17H2,1-3H3,(H,32,33)/b25-15+,29-28?. The number of aryl methyl sites for hydroxylation is 1. The summed E-state index contributed by atoms with van der Waals surface area (Å²) in [6.45, 7) is 4.77. The van der Waals surface area contributed by atoms with Crippen molar-refractivity contribution in [3.8, 4) is 11.5 Å². The number of thioether (sulfide) groups is 1. The molecular weight excluding hydrogens is 476 g/mol. The Morgan fingerprint density at radius 2 is 1.86 bits per heavy atom. The fourth-order valence-corrected chi connectivity index (χ4v) is 4.64. The van der Waals surface area contributed by atoms with Crippen molar-refractivity contribution in [3.63, 3.8) is 0 Å². The average Bonchev–Trinajstić information content (AvgIpc) is 3.17. The molecule has 1 aliphatic heterocycles. The van der Waals surface area contributed by atoms with Crippen molar-refractivity contribution >= 4 is 40.6 Å². The van der Waals surface area contributed by atoms with E-state index in [1.807, 2.05) is 56.3 Å². The van der Waals surface area contributed by atoms with Crippen molar-refractivity contribution in [3.05, 3.63) is 93.9 Å². The van der Waals surface area contributed by atoms with E-state index >= 15 is 0 Å². The van der Waals surface area contributed by atoms with Crippen molar-refractivity contribution in [2.75, 3.05) is 13.7 Å². The van der Waals surface area contributed by atoms with E-state index in [-0.39, 0.29) is 11.5 Å². The molecule has 1 N–H and O–H groups in total. The third-order valence-electron chi connectivity index (χ3n) is 5.52. The second kappa shape index (κ2) is 11.1. The number of benzene rings is 3. The molecular formula is C28H26N2O5S. The molecule has 3 aromatic rings. The van der Waals surface area contributed by atoms with Gasteiger partial charge in [0.05, 0.1) is 23.3 Å². The number of amides is 1. The number of rotatable bonds is 8. The molecule has 1 heterocycles. The van der Waals surface area contributed by atoms with Crippen LogP contribution in [0.1, 0.15) is 34.0 Å². The highest BCUT2D eigenvalue weighted by Crippen LogP contribution is 2.36. The number of amidine groups is 1. The molecule has 0 bridgehead atoms. The lowest BCUT2D eigenvalue weighted by atomic mass is 10.1. The molecule has 184 valence electrons. The van der Waals surface area contributed by atoms with Crippen LogP contribution in [-0.4, -0.2) is 40.7 Å². The Morgan fingerprint density at radius 3 is 2.56 bits per heavy atom. The van der Waals surface area contributed by atoms with Crippen LogP contribution in [0.2, 0.25) is 0 Å². The van der Waals surface area contributed by atoms with E-state index in [0.717, 1.165) is 11.1 Å². The fourth-order valence-electron chi connectivity index (χ4n) is 3.58. The molecule has 8 heteroatoms. The maximum Gasteiger partial charge on any atom is 0.335 e. The zero-order valence-electron chi connectivity index (χ0n) is 20.2. The van der Waals surface area contributed by atoms with Crippen LogP contribution in [0.3, 0.4) is 0 Å². The quantitative estimate of drug-likeness (QED) is 0.386. The van der Waals surface area contributed by atoms with E-state index in [2.05, 4.69) is 4.99 Å². The maximum atomic E-state index is 13.0. The van der Waals surface area contributed by atoms with Gasteiger partial charge in [-0.2, -0.15) is 0 Å². The second-order valence-electron chi connectivity index (χ2n) is 8.09. The minimum atomic E-state index is -1.03. The number of likely N-dealkylation sites (N-methyl/N-ethyl adjacent to an activating group) is 1. The molecule has 0 unspecified atom stereocenters. The smallest absolute Gasteiger partial charge is 0.335 e. The zero-order chi connectivity index (χ0) is 25.7. The summed E-state index contributed by atoms with van der Waals surface area (Å²) < 4.78 is 11.5. The van der Waals surface area contributed by atoms with Crippen molar-refractivity contribution in [2.45, 2.75) is 20.5 Å². The number of hydrogen-bond donors (Lipinski definition) is 1. The van der Waals surface area contributed by atoms with Crippen molar-refractivity contribution in [1.29, 1.82) is 0 Å². The van der Waals surface area contributed by atoms with Gasteiger partial charge in [-0.05, 0) is 73.1 Å². The third kappa shape index (κ3) is 5.78. The van der Waals surface area contributed by atoms with Gasteiger partial charge in [-0.1, -0.05) is 42.0 Å². The molecule has 0 saturated carbocycles. The van der Waals surface area contributed by atoms with Gasteiger partial charge >= 0.3 is 5.97 Å². The van der Waals surface area contributed by atoms with Crippen LogP contribution in [0.15, 0.2) is 76.6 Å². The van der Waals surface area contributed by atoms with Crippen LogP contribution < -0.4 is 9.47 Å². The highest BCUT2D eigenvalue weighted by atomic mass is 32.2. The number of nitrogens with zero attached hydrogens (tertiary/aromatic N) is 2. The summed E-state index contributed by atoms with van der Waals surface area (Å²) in [5.74, 6) is -0.00492. The Hall–Kier alpha value is -4.04. The molecule has 3 aromatic carbocycles. The monoisotopic (exact) mass is 502 g/mol. The van der Waals surface area contributed by atoms with E-state index in [9.17, 15) is 14.7 Å². The number of aromatic carboxylic acids is 1.